The Morgan fingerprint density at radius 3 is 3.00 bits per heavy atom. The minimum atomic E-state index is -0.219. The monoisotopic (exact) mass is 251 g/mol. The maximum absolute atomic E-state index is 13.0. The molecule has 1 heterocycles. The van der Waals surface area contributed by atoms with Crippen LogP contribution in [-0.2, 0) is 6.42 Å². The van der Waals surface area contributed by atoms with Crippen molar-refractivity contribution in [3.8, 4) is 0 Å². The molecule has 1 aromatic heterocycles. The van der Waals surface area contributed by atoms with Crippen LogP contribution in [0.5, 0.6) is 0 Å². The lowest BCUT2D eigenvalue weighted by molar-refractivity contribution is 0.271. The maximum Gasteiger partial charge on any atom is 0.123 e. The van der Waals surface area contributed by atoms with E-state index in [1.165, 1.54) is 12.1 Å². The fourth-order valence-electron chi connectivity index (χ4n) is 1.55. The summed E-state index contributed by atoms with van der Waals surface area (Å²) in [4.78, 5) is 4.44. The molecule has 4 heteroatoms. The van der Waals surface area contributed by atoms with Crippen LogP contribution in [0.25, 0.3) is 0 Å². The lowest BCUT2D eigenvalue weighted by atomic mass is 10.1. The van der Waals surface area contributed by atoms with Crippen LogP contribution in [0, 0.1) is 5.82 Å². The summed E-state index contributed by atoms with van der Waals surface area (Å²) < 4.78 is 13.0. The van der Waals surface area contributed by atoms with Gasteiger partial charge in [-0.25, -0.2) is 9.37 Å². The summed E-state index contributed by atoms with van der Waals surface area (Å²) in [6.07, 6.45) is 0.639. The Morgan fingerprint density at radius 2 is 2.29 bits per heavy atom. The highest BCUT2D eigenvalue weighted by Gasteiger charge is 2.09. The van der Waals surface area contributed by atoms with Crippen LogP contribution in [0.15, 0.2) is 29.6 Å². The molecule has 0 bridgehead atoms. The van der Waals surface area contributed by atoms with Gasteiger partial charge in [0.1, 0.15) is 5.82 Å². The van der Waals surface area contributed by atoms with Gasteiger partial charge in [0.2, 0.25) is 0 Å². The van der Waals surface area contributed by atoms with E-state index in [2.05, 4.69) is 4.98 Å². The van der Waals surface area contributed by atoms with Gasteiger partial charge < -0.3 is 5.11 Å². The number of hydrogen-bond donors (Lipinski definition) is 1. The second-order valence-electron chi connectivity index (χ2n) is 4.06. The van der Waals surface area contributed by atoms with Crippen molar-refractivity contribution < 1.29 is 9.50 Å². The van der Waals surface area contributed by atoms with Crippen molar-refractivity contribution in [3.63, 3.8) is 0 Å². The number of nitrogens with zero attached hydrogens (tertiary/aromatic N) is 1. The van der Waals surface area contributed by atoms with Crippen molar-refractivity contribution in [1.82, 2.24) is 4.98 Å². The molecular weight excluding hydrogens is 237 g/mol. The number of hydrogen-bond acceptors (Lipinski definition) is 3. The quantitative estimate of drug-likeness (QED) is 0.906. The summed E-state index contributed by atoms with van der Waals surface area (Å²) >= 11 is 1.55. The molecular formula is C13H14FNOS. The van der Waals surface area contributed by atoms with Gasteiger partial charge in [0.15, 0.2) is 0 Å². The molecule has 1 N–H and O–H groups in total. The third-order valence-corrected chi connectivity index (χ3v) is 3.46. The van der Waals surface area contributed by atoms with Gasteiger partial charge in [-0.15, -0.1) is 11.3 Å². The zero-order valence-corrected chi connectivity index (χ0v) is 10.4. The van der Waals surface area contributed by atoms with E-state index < -0.39 is 0 Å². The van der Waals surface area contributed by atoms with E-state index in [0.717, 1.165) is 16.3 Å². The van der Waals surface area contributed by atoms with Gasteiger partial charge in [-0.1, -0.05) is 19.1 Å². The van der Waals surface area contributed by atoms with Crippen molar-refractivity contribution in [1.29, 1.82) is 0 Å². The van der Waals surface area contributed by atoms with E-state index in [1.54, 1.807) is 17.4 Å². The third kappa shape index (κ3) is 3.11. The summed E-state index contributed by atoms with van der Waals surface area (Å²) in [6, 6.07) is 6.55. The minimum absolute atomic E-state index is 0.0625. The van der Waals surface area contributed by atoms with Gasteiger partial charge in [0, 0.05) is 17.7 Å². The molecule has 0 aliphatic heterocycles. The van der Waals surface area contributed by atoms with Gasteiger partial charge >= 0.3 is 0 Å². The van der Waals surface area contributed by atoms with E-state index in [0.29, 0.717) is 6.42 Å². The molecule has 2 aromatic rings. The molecule has 2 rings (SSSR count). The molecule has 0 aliphatic carbocycles. The predicted molar refractivity (Wildman–Crippen MR) is 66.8 cm³/mol. The van der Waals surface area contributed by atoms with Crippen molar-refractivity contribution in [2.45, 2.75) is 19.3 Å². The molecule has 17 heavy (non-hydrogen) atoms. The van der Waals surface area contributed by atoms with Crippen LogP contribution < -0.4 is 0 Å². The number of halogens is 1. The van der Waals surface area contributed by atoms with Gasteiger partial charge in [0.05, 0.1) is 17.3 Å². The molecule has 1 aromatic carbocycles. The van der Waals surface area contributed by atoms with E-state index in [1.807, 2.05) is 18.4 Å². The van der Waals surface area contributed by atoms with E-state index in [-0.39, 0.29) is 18.3 Å². The third-order valence-electron chi connectivity index (χ3n) is 2.59. The van der Waals surface area contributed by atoms with Crippen molar-refractivity contribution >= 4 is 11.3 Å². The Morgan fingerprint density at radius 1 is 1.47 bits per heavy atom. The molecule has 0 radical (unpaired) electrons. The van der Waals surface area contributed by atoms with Crippen LogP contribution in [0.4, 0.5) is 4.39 Å². The van der Waals surface area contributed by atoms with Crippen LogP contribution in [-0.4, -0.2) is 16.7 Å². The van der Waals surface area contributed by atoms with Crippen LogP contribution >= 0.6 is 11.3 Å². The lowest BCUT2D eigenvalue weighted by Crippen LogP contribution is -1.99. The first-order valence-electron chi connectivity index (χ1n) is 5.48. The largest absolute Gasteiger partial charge is 0.396 e. The number of benzene rings is 1. The lowest BCUT2D eigenvalue weighted by Gasteiger charge is -2.02. The highest BCUT2D eigenvalue weighted by molar-refractivity contribution is 7.09. The van der Waals surface area contributed by atoms with E-state index in [4.69, 9.17) is 5.11 Å². The normalized spacial score (nSPS) is 12.6. The van der Waals surface area contributed by atoms with Crippen molar-refractivity contribution in [2.75, 3.05) is 6.61 Å². The first-order chi connectivity index (χ1) is 8.19. The van der Waals surface area contributed by atoms with Gasteiger partial charge in [-0.05, 0) is 17.7 Å². The smallest absolute Gasteiger partial charge is 0.123 e. The average Bonchev–Trinajstić information content (AvgIpc) is 2.76. The molecule has 0 saturated carbocycles. The first-order valence-corrected chi connectivity index (χ1v) is 6.36. The van der Waals surface area contributed by atoms with Crippen LogP contribution in [0.2, 0.25) is 0 Å². The number of aliphatic hydroxyl groups excluding tert-OH is 1. The Kier molecular flexibility index (Phi) is 3.86. The molecule has 0 saturated heterocycles. The van der Waals surface area contributed by atoms with Gasteiger partial charge in [-0.2, -0.15) is 0 Å². The maximum atomic E-state index is 13.0. The SMILES string of the molecule is CC(CO)c1csc(Cc2cccc(F)c2)n1. The molecule has 1 atom stereocenters. The Hall–Kier alpha value is -1.26. The molecule has 1 unspecified atom stereocenters. The van der Waals surface area contributed by atoms with Crippen LogP contribution in [0.3, 0.4) is 0 Å². The Labute approximate surface area is 104 Å². The Bertz CT molecular complexity index is 498. The van der Waals surface area contributed by atoms with Crippen molar-refractivity contribution in [2.24, 2.45) is 0 Å². The molecule has 0 amide bonds. The van der Waals surface area contributed by atoms with Crippen molar-refractivity contribution in [3.05, 3.63) is 51.7 Å². The highest BCUT2D eigenvalue weighted by Crippen LogP contribution is 2.20. The number of thiazole rings is 1. The number of rotatable bonds is 4. The minimum Gasteiger partial charge on any atom is -0.396 e. The second kappa shape index (κ2) is 5.38. The number of aromatic nitrogens is 1. The fraction of sp³-hybridized carbons (Fsp3) is 0.308. The summed E-state index contributed by atoms with van der Waals surface area (Å²) in [5, 5.41) is 11.9. The molecule has 2 nitrogen and oxygen atoms in total. The first kappa shape index (κ1) is 12.2. The second-order valence-corrected chi connectivity index (χ2v) is 5.00. The summed E-state index contributed by atoms with van der Waals surface area (Å²) in [5.41, 5.74) is 1.83. The molecule has 0 spiro atoms. The van der Waals surface area contributed by atoms with Crippen LogP contribution in [0.1, 0.15) is 29.1 Å². The van der Waals surface area contributed by atoms with Gasteiger partial charge in [-0.3, -0.25) is 0 Å². The zero-order chi connectivity index (χ0) is 12.3. The predicted octanol–water partition coefficient (Wildman–Crippen LogP) is 2.97. The molecule has 0 fully saturated rings. The van der Waals surface area contributed by atoms with E-state index >= 15 is 0 Å². The summed E-state index contributed by atoms with van der Waals surface area (Å²) in [7, 11) is 0. The zero-order valence-electron chi connectivity index (χ0n) is 9.56. The highest BCUT2D eigenvalue weighted by atomic mass is 32.1. The van der Waals surface area contributed by atoms with Gasteiger partial charge in [0.25, 0.3) is 0 Å². The number of aliphatic hydroxyl groups is 1. The average molecular weight is 251 g/mol. The fourth-order valence-corrected chi connectivity index (χ4v) is 2.50. The Balaban J connectivity index is 2.11. The standard InChI is InChI=1S/C13H14FNOS/c1-9(7-16)12-8-17-13(15-12)6-10-3-2-4-11(14)5-10/h2-5,8-9,16H,6-7H2,1H3. The molecule has 0 aliphatic rings. The summed E-state index contributed by atoms with van der Waals surface area (Å²) in [6.45, 7) is 2.03. The molecule has 90 valence electrons. The summed E-state index contributed by atoms with van der Waals surface area (Å²) in [5.74, 6) is -0.157. The topological polar surface area (TPSA) is 33.1 Å². The van der Waals surface area contributed by atoms with E-state index in [9.17, 15) is 4.39 Å².